The van der Waals surface area contributed by atoms with Crippen LogP contribution in [0.15, 0.2) is 91.3 Å². The number of phenolic OH excluding ortho intramolecular Hbond substituents is 2. The molecule has 2 fully saturated rings. The molecule has 16 nitrogen and oxygen atoms in total. The van der Waals surface area contributed by atoms with E-state index in [-0.39, 0.29) is 29.7 Å². The van der Waals surface area contributed by atoms with Crippen LogP contribution in [0.1, 0.15) is 74.9 Å². The number of aromatic nitrogens is 4. The van der Waals surface area contributed by atoms with Crippen LogP contribution in [0.2, 0.25) is 0 Å². The van der Waals surface area contributed by atoms with Crippen molar-refractivity contribution in [2.24, 2.45) is 5.92 Å². The Morgan fingerprint density at radius 1 is 0.651 bits per heavy atom. The summed E-state index contributed by atoms with van der Waals surface area (Å²) in [5, 5.41) is 27.4. The van der Waals surface area contributed by atoms with Crippen LogP contribution in [0.4, 0.5) is 9.59 Å². The van der Waals surface area contributed by atoms with Gasteiger partial charge in [0, 0.05) is 18.7 Å². The highest BCUT2D eigenvalue weighted by Gasteiger charge is 2.39. The summed E-state index contributed by atoms with van der Waals surface area (Å²) < 4.78 is 9.54. The van der Waals surface area contributed by atoms with Crippen LogP contribution in [-0.2, 0) is 19.1 Å². The molecule has 16 heteroatoms. The summed E-state index contributed by atoms with van der Waals surface area (Å²) in [5.74, 6) is -0.0891. The second-order valence-corrected chi connectivity index (χ2v) is 16.3. The van der Waals surface area contributed by atoms with Crippen molar-refractivity contribution in [2.75, 3.05) is 27.3 Å². The van der Waals surface area contributed by atoms with Gasteiger partial charge in [-0.05, 0) is 88.9 Å². The lowest BCUT2D eigenvalue weighted by atomic mass is 9.98. The summed E-state index contributed by atoms with van der Waals surface area (Å²) in [6, 6.07) is 22.3. The summed E-state index contributed by atoms with van der Waals surface area (Å²) in [7, 11) is 2.49. The third-order valence-corrected chi connectivity index (χ3v) is 12.0. The van der Waals surface area contributed by atoms with Crippen molar-refractivity contribution in [1.82, 2.24) is 40.4 Å². The lowest BCUT2D eigenvalue weighted by molar-refractivity contribution is -0.135. The molecule has 63 heavy (non-hydrogen) atoms. The highest BCUT2D eigenvalue weighted by molar-refractivity contribution is 5.91. The molecule has 4 aromatic carbocycles. The van der Waals surface area contributed by atoms with Crippen molar-refractivity contribution in [2.45, 2.75) is 63.7 Å². The van der Waals surface area contributed by atoms with E-state index in [9.17, 15) is 29.4 Å². The molecule has 2 aromatic heterocycles. The maximum atomic E-state index is 14.0. The van der Waals surface area contributed by atoms with Gasteiger partial charge in [0.15, 0.2) is 11.5 Å². The fraction of sp³-hybridized carbons (Fsp3) is 0.319. The number of benzene rings is 4. The molecule has 1 unspecified atom stereocenters. The maximum absolute atomic E-state index is 14.0. The minimum Gasteiger partial charge on any atom is -0.504 e. The number of hydrogen-bond donors (Lipinski definition) is 6. The Kier molecular flexibility index (Phi) is 12.0. The molecule has 0 spiro atoms. The van der Waals surface area contributed by atoms with Gasteiger partial charge in [-0.1, -0.05) is 68.4 Å². The number of nitrogens with one attached hydrogen (secondary N) is 4. The number of imidazole rings is 2. The van der Waals surface area contributed by atoms with E-state index in [1.807, 2.05) is 26.0 Å². The van der Waals surface area contributed by atoms with Crippen LogP contribution < -0.4 is 10.6 Å². The summed E-state index contributed by atoms with van der Waals surface area (Å²) in [4.78, 5) is 71.5. The largest absolute Gasteiger partial charge is 0.504 e. The first kappa shape index (κ1) is 42.3. The lowest BCUT2D eigenvalue weighted by Crippen LogP contribution is -2.51. The number of ether oxygens (including phenoxy) is 2. The number of aromatic hydroxyl groups is 2. The predicted octanol–water partition coefficient (Wildman–Crippen LogP) is 7.50. The quantitative estimate of drug-likeness (QED) is 0.0706. The third kappa shape index (κ3) is 8.74. The van der Waals surface area contributed by atoms with Crippen molar-refractivity contribution in [3.63, 3.8) is 0 Å². The first-order valence-corrected chi connectivity index (χ1v) is 21.0. The van der Waals surface area contributed by atoms with Crippen LogP contribution in [0, 0.1) is 5.92 Å². The monoisotopic (exact) mass is 854 g/mol. The average Bonchev–Trinajstić information content (AvgIpc) is 4.15. The Balaban J connectivity index is 0.945. The zero-order chi connectivity index (χ0) is 44.4. The molecule has 326 valence electrons. The first-order chi connectivity index (χ1) is 30.4. The second-order valence-electron chi connectivity index (χ2n) is 16.3. The summed E-state index contributed by atoms with van der Waals surface area (Å²) in [5.41, 5.74) is 5.92. The Labute approximate surface area is 363 Å². The highest BCUT2D eigenvalue weighted by atomic mass is 16.5. The van der Waals surface area contributed by atoms with E-state index in [2.05, 4.69) is 74.1 Å². The van der Waals surface area contributed by atoms with Gasteiger partial charge < -0.3 is 50.1 Å². The number of alkyl carbamates (subject to hydrolysis) is 2. The zero-order valence-corrected chi connectivity index (χ0v) is 35.4. The molecule has 2 aliphatic heterocycles. The Hall–Kier alpha value is -7.36. The molecule has 6 N–H and O–H groups in total. The Morgan fingerprint density at radius 2 is 1.17 bits per heavy atom. The number of amides is 4. The van der Waals surface area contributed by atoms with Crippen molar-refractivity contribution in [1.29, 1.82) is 0 Å². The van der Waals surface area contributed by atoms with Crippen LogP contribution in [0.3, 0.4) is 0 Å². The van der Waals surface area contributed by atoms with E-state index in [0.717, 1.165) is 63.7 Å². The molecule has 6 aromatic rings. The number of rotatable bonds is 11. The number of carbonyl (C=O) groups excluding carboxylic acids is 4. The number of aromatic amines is 2. The number of H-pyrrole nitrogens is 2. The topological polar surface area (TPSA) is 215 Å². The van der Waals surface area contributed by atoms with Gasteiger partial charge in [-0.3, -0.25) is 9.59 Å². The van der Waals surface area contributed by atoms with Gasteiger partial charge in [0.05, 0.1) is 50.1 Å². The number of hydrogen-bond acceptors (Lipinski definition) is 10. The molecule has 2 saturated heterocycles. The highest BCUT2D eigenvalue weighted by Crippen LogP contribution is 2.37. The van der Waals surface area contributed by atoms with Crippen LogP contribution >= 0.6 is 0 Å². The lowest BCUT2D eigenvalue weighted by Gasteiger charge is -2.30. The summed E-state index contributed by atoms with van der Waals surface area (Å²) in [6.07, 6.45) is 5.11. The zero-order valence-electron chi connectivity index (χ0n) is 35.4. The molecule has 0 aliphatic carbocycles. The predicted molar refractivity (Wildman–Crippen MR) is 234 cm³/mol. The minimum absolute atomic E-state index is 0.118. The molecule has 0 radical (unpaired) electrons. The first-order valence-electron chi connectivity index (χ1n) is 21.0. The van der Waals surface area contributed by atoms with Crippen molar-refractivity contribution in [3.05, 3.63) is 108 Å². The van der Waals surface area contributed by atoms with E-state index >= 15 is 0 Å². The van der Waals surface area contributed by atoms with Gasteiger partial charge >= 0.3 is 12.2 Å². The Bertz CT molecular complexity index is 2660. The van der Waals surface area contributed by atoms with Crippen molar-refractivity contribution < 1.29 is 38.9 Å². The number of carbonyl (C=O) groups is 4. The maximum Gasteiger partial charge on any atom is 0.407 e. The minimum atomic E-state index is -1.16. The molecule has 0 bridgehead atoms. The van der Waals surface area contributed by atoms with Crippen LogP contribution in [0.25, 0.3) is 44.4 Å². The van der Waals surface area contributed by atoms with Crippen molar-refractivity contribution >= 4 is 34.8 Å². The number of fused-ring (bicyclic) bond motifs is 1. The fourth-order valence-corrected chi connectivity index (χ4v) is 8.60. The molecule has 0 saturated carbocycles. The van der Waals surface area contributed by atoms with Gasteiger partial charge in [0.1, 0.15) is 23.7 Å². The SMILES string of the molecule is COC(=O)NC(C(=O)N1CCC[C@H]1c1ncc(-c2ccc(-c3ccc4cc(-c5cnc([C@@H]6CCCN6C(=O)[C@@H](NC(=O)OC)C(C)C)[nH]5)ccc4c3)cc2)[nH]1)c1ccc(O)c(O)c1. The smallest absolute Gasteiger partial charge is 0.407 e. The van der Waals surface area contributed by atoms with Crippen molar-refractivity contribution in [3.8, 4) is 45.1 Å². The fourth-order valence-electron chi connectivity index (χ4n) is 8.60. The van der Waals surface area contributed by atoms with Gasteiger partial charge in [-0.15, -0.1) is 0 Å². The van der Waals surface area contributed by atoms with E-state index in [4.69, 9.17) is 14.5 Å². The second kappa shape index (κ2) is 17.9. The van der Waals surface area contributed by atoms with Gasteiger partial charge in [0.25, 0.3) is 5.91 Å². The number of likely N-dealkylation sites (tertiary alicyclic amines) is 2. The molecule has 8 rings (SSSR count). The number of nitrogens with zero attached hydrogens (tertiary/aromatic N) is 4. The normalized spacial score (nSPS) is 17.2. The molecule has 4 atom stereocenters. The van der Waals surface area contributed by atoms with E-state index in [1.165, 1.54) is 32.4 Å². The molecule has 4 heterocycles. The van der Waals surface area contributed by atoms with Crippen LogP contribution in [0.5, 0.6) is 11.5 Å². The third-order valence-electron chi connectivity index (χ3n) is 12.0. The van der Waals surface area contributed by atoms with E-state index < -0.39 is 35.9 Å². The van der Waals surface area contributed by atoms with E-state index in [0.29, 0.717) is 36.7 Å². The molecular weight excluding hydrogens is 805 g/mol. The number of methoxy groups -OCH3 is 2. The number of phenols is 2. The van der Waals surface area contributed by atoms with Gasteiger partial charge in [-0.25, -0.2) is 19.6 Å². The molecular formula is C47H50N8O8. The summed E-state index contributed by atoms with van der Waals surface area (Å²) >= 11 is 0. The Morgan fingerprint density at radius 3 is 1.76 bits per heavy atom. The van der Waals surface area contributed by atoms with Gasteiger partial charge in [-0.2, -0.15) is 0 Å². The molecule has 2 aliphatic rings. The summed E-state index contributed by atoms with van der Waals surface area (Å²) in [6.45, 7) is 4.81. The molecule has 4 amide bonds. The average molecular weight is 855 g/mol. The van der Waals surface area contributed by atoms with E-state index in [1.54, 1.807) is 22.2 Å². The standard InChI is InChI=1S/C47H50N8O8/c1-26(2)40(52-46(60)62-3)44(58)54-19-5-7-36(54)43-49-25-35(51-43)32-16-15-30-21-29(13-14-31(30)22-32)27-9-11-28(12-10-27)34-24-48-42(50-34)37-8-6-20-55(37)45(59)41(53-47(61)63-4)33-17-18-38(56)39(57)23-33/h9-18,21-26,36-37,40-41,56-57H,5-8,19-20H2,1-4H3,(H,48,50)(H,49,51)(H,52,60)(H,53,61)/t36-,37-,40-,41?/m0/s1. The van der Waals surface area contributed by atoms with Gasteiger partial charge in [0.2, 0.25) is 5.91 Å². The van der Waals surface area contributed by atoms with Crippen LogP contribution in [-0.4, -0.2) is 97.3 Å².